The van der Waals surface area contributed by atoms with E-state index in [2.05, 4.69) is 5.32 Å². The fourth-order valence-corrected chi connectivity index (χ4v) is 1.81. The first kappa shape index (κ1) is 13.5. The van der Waals surface area contributed by atoms with Crippen molar-refractivity contribution in [2.75, 3.05) is 19.8 Å². The number of ether oxygens (including phenoxy) is 2. The number of rotatable bonds is 5. The summed E-state index contributed by atoms with van der Waals surface area (Å²) >= 11 is 0. The molecule has 1 atom stereocenters. The van der Waals surface area contributed by atoms with Crippen molar-refractivity contribution < 1.29 is 23.9 Å². The van der Waals surface area contributed by atoms with Gasteiger partial charge in [0.25, 0.3) is 0 Å². The maximum atomic E-state index is 11.7. The highest BCUT2D eigenvalue weighted by molar-refractivity contribution is 5.96. The van der Waals surface area contributed by atoms with Gasteiger partial charge in [0.2, 0.25) is 5.91 Å². The summed E-state index contributed by atoms with van der Waals surface area (Å²) in [4.78, 5) is 34.5. The van der Waals surface area contributed by atoms with Gasteiger partial charge in [-0.3, -0.25) is 14.4 Å². The van der Waals surface area contributed by atoms with Crippen molar-refractivity contribution >= 4 is 17.8 Å². The van der Waals surface area contributed by atoms with E-state index in [4.69, 9.17) is 9.47 Å². The van der Waals surface area contributed by atoms with Crippen LogP contribution in [0.25, 0.3) is 0 Å². The highest BCUT2D eigenvalue weighted by Gasteiger charge is 2.41. The standard InChI is InChI=1S/C11H17NO5/c1-3-16-10(14)9(11(15)17-4-2)7-5-8(13)12-6-7/h7,9H,3-6H2,1-2H3,(H,12,13). The Balaban J connectivity index is 2.74. The first-order valence-electron chi connectivity index (χ1n) is 5.70. The van der Waals surface area contributed by atoms with Crippen molar-refractivity contribution in [3.8, 4) is 0 Å². The Bertz CT molecular complexity index is 297. The zero-order chi connectivity index (χ0) is 12.8. The number of hydrogen-bond acceptors (Lipinski definition) is 5. The van der Waals surface area contributed by atoms with Crippen molar-refractivity contribution in [1.82, 2.24) is 5.32 Å². The molecule has 1 fully saturated rings. The molecule has 1 N–H and O–H groups in total. The van der Waals surface area contributed by atoms with Gasteiger partial charge in [0, 0.05) is 18.9 Å². The predicted octanol–water partition coefficient (Wildman–Crippen LogP) is -0.135. The maximum absolute atomic E-state index is 11.7. The molecule has 1 amide bonds. The first-order valence-corrected chi connectivity index (χ1v) is 5.70. The van der Waals surface area contributed by atoms with Gasteiger partial charge in [-0.15, -0.1) is 0 Å². The lowest BCUT2D eigenvalue weighted by Gasteiger charge is -2.18. The van der Waals surface area contributed by atoms with Gasteiger partial charge in [-0.1, -0.05) is 0 Å². The van der Waals surface area contributed by atoms with E-state index in [9.17, 15) is 14.4 Å². The summed E-state index contributed by atoms with van der Waals surface area (Å²) < 4.78 is 9.68. The fraction of sp³-hybridized carbons (Fsp3) is 0.727. The SMILES string of the molecule is CCOC(=O)C(C(=O)OCC)C1CNC(=O)C1. The molecule has 96 valence electrons. The second-order valence-corrected chi connectivity index (χ2v) is 3.75. The van der Waals surface area contributed by atoms with Crippen LogP contribution in [-0.4, -0.2) is 37.6 Å². The van der Waals surface area contributed by atoms with Crippen molar-refractivity contribution in [2.24, 2.45) is 11.8 Å². The Morgan fingerprint density at radius 1 is 1.29 bits per heavy atom. The van der Waals surface area contributed by atoms with Gasteiger partial charge in [0.1, 0.15) is 0 Å². The number of esters is 2. The van der Waals surface area contributed by atoms with E-state index < -0.39 is 17.9 Å². The molecule has 0 spiro atoms. The van der Waals surface area contributed by atoms with Crippen LogP contribution in [0.2, 0.25) is 0 Å². The van der Waals surface area contributed by atoms with Crippen LogP contribution in [-0.2, 0) is 23.9 Å². The zero-order valence-corrected chi connectivity index (χ0v) is 10.0. The molecule has 1 unspecified atom stereocenters. The molecule has 17 heavy (non-hydrogen) atoms. The first-order chi connectivity index (χ1) is 8.10. The molecule has 6 nitrogen and oxygen atoms in total. The molecule has 1 saturated heterocycles. The Morgan fingerprint density at radius 2 is 1.82 bits per heavy atom. The van der Waals surface area contributed by atoms with Crippen LogP contribution in [0.3, 0.4) is 0 Å². The van der Waals surface area contributed by atoms with Crippen LogP contribution >= 0.6 is 0 Å². The van der Waals surface area contributed by atoms with Gasteiger partial charge in [-0.25, -0.2) is 0 Å². The van der Waals surface area contributed by atoms with Gasteiger partial charge >= 0.3 is 11.9 Å². The number of nitrogens with one attached hydrogen (secondary N) is 1. The maximum Gasteiger partial charge on any atom is 0.320 e. The number of amides is 1. The Hall–Kier alpha value is -1.59. The second kappa shape index (κ2) is 6.22. The lowest BCUT2D eigenvalue weighted by atomic mass is 9.91. The summed E-state index contributed by atoms with van der Waals surface area (Å²) in [6.45, 7) is 4.03. The average molecular weight is 243 g/mol. The average Bonchev–Trinajstić information content (AvgIpc) is 2.66. The summed E-state index contributed by atoms with van der Waals surface area (Å²) in [5, 5.41) is 2.59. The summed E-state index contributed by atoms with van der Waals surface area (Å²) in [5.74, 6) is -2.78. The minimum Gasteiger partial charge on any atom is -0.465 e. The molecule has 0 bridgehead atoms. The van der Waals surface area contributed by atoms with Gasteiger partial charge in [0.05, 0.1) is 13.2 Å². The molecular formula is C11H17NO5. The van der Waals surface area contributed by atoms with Gasteiger partial charge in [-0.2, -0.15) is 0 Å². The summed E-state index contributed by atoms with van der Waals surface area (Å²) in [6.07, 6.45) is 0.155. The van der Waals surface area contributed by atoms with Crippen LogP contribution in [0.15, 0.2) is 0 Å². The highest BCUT2D eigenvalue weighted by atomic mass is 16.6. The number of carbonyl (C=O) groups excluding carboxylic acids is 3. The molecule has 0 saturated carbocycles. The van der Waals surface area contributed by atoms with Gasteiger partial charge in [0.15, 0.2) is 5.92 Å². The lowest BCUT2D eigenvalue weighted by Crippen LogP contribution is -2.35. The summed E-state index contributed by atoms with van der Waals surface area (Å²) in [7, 11) is 0. The van der Waals surface area contributed by atoms with Crippen LogP contribution in [0, 0.1) is 11.8 Å². The van der Waals surface area contributed by atoms with E-state index in [-0.39, 0.29) is 31.5 Å². The van der Waals surface area contributed by atoms with E-state index in [0.717, 1.165) is 0 Å². The largest absolute Gasteiger partial charge is 0.465 e. The molecule has 0 aliphatic carbocycles. The molecule has 0 radical (unpaired) electrons. The van der Waals surface area contributed by atoms with E-state index in [1.165, 1.54) is 0 Å². The molecule has 0 aromatic carbocycles. The Morgan fingerprint density at radius 3 is 2.18 bits per heavy atom. The van der Waals surface area contributed by atoms with Crippen LogP contribution in [0.1, 0.15) is 20.3 Å². The van der Waals surface area contributed by atoms with E-state index in [1.807, 2.05) is 0 Å². The predicted molar refractivity (Wildman–Crippen MR) is 57.9 cm³/mol. The highest BCUT2D eigenvalue weighted by Crippen LogP contribution is 2.22. The van der Waals surface area contributed by atoms with Crippen LogP contribution < -0.4 is 5.32 Å². The minimum absolute atomic E-state index is 0.155. The number of hydrogen-bond donors (Lipinski definition) is 1. The lowest BCUT2D eigenvalue weighted by molar-refractivity contribution is -0.164. The molecule has 1 rings (SSSR count). The van der Waals surface area contributed by atoms with E-state index in [0.29, 0.717) is 6.54 Å². The third-order valence-electron chi connectivity index (χ3n) is 2.56. The van der Waals surface area contributed by atoms with Crippen molar-refractivity contribution in [2.45, 2.75) is 20.3 Å². The molecule has 0 aromatic heterocycles. The molecule has 1 aliphatic rings. The molecule has 1 aliphatic heterocycles. The van der Waals surface area contributed by atoms with Gasteiger partial charge < -0.3 is 14.8 Å². The summed E-state index contributed by atoms with van der Waals surface area (Å²) in [6, 6.07) is 0. The smallest absolute Gasteiger partial charge is 0.320 e. The van der Waals surface area contributed by atoms with Crippen molar-refractivity contribution in [3.63, 3.8) is 0 Å². The molecular weight excluding hydrogens is 226 g/mol. The quantitative estimate of drug-likeness (QED) is 0.537. The number of carbonyl (C=O) groups is 3. The van der Waals surface area contributed by atoms with Crippen LogP contribution in [0.4, 0.5) is 0 Å². The summed E-state index contributed by atoms with van der Waals surface area (Å²) in [5.41, 5.74) is 0. The zero-order valence-electron chi connectivity index (χ0n) is 10.0. The molecule has 6 heteroatoms. The Labute approximate surface area is 99.6 Å². The van der Waals surface area contributed by atoms with E-state index >= 15 is 0 Å². The fourth-order valence-electron chi connectivity index (χ4n) is 1.81. The minimum atomic E-state index is -1.01. The van der Waals surface area contributed by atoms with Crippen molar-refractivity contribution in [1.29, 1.82) is 0 Å². The third kappa shape index (κ3) is 3.44. The molecule has 0 aromatic rings. The van der Waals surface area contributed by atoms with Gasteiger partial charge in [-0.05, 0) is 13.8 Å². The normalized spacial score (nSPS) is 19.0. The second-order valence-electron chi connectivity index (χ2n) is 3.75. The Kier molecular flexibility index (Phi) is 4.93. The van der Waals surface area contributed by atoms with Crippen molar-refractivity contribution in [3.05, 3.63) is 0 Å². The van der Waals surface area contributed by atoms with Crippen LogP contribution in [0.5, 0.6) is 0 Å². The third-order valence-corrected chi connectivity index (χ3v) is 2.56. The monoisotopic (exact) mass is 243 g/mol. The topological polar surface area (TPSA) is 81.7 Å². The molecule has 1 heterocycles. The van der Waals surface area contributed by atoms with E-state index in [1.54, 1.807) is 13.8 Å².